The first kappa shape index (κ1) is 21.8. The van der Waals surface area contributed by atoms with Gasteiger partial charge in [-0.15, -0.1) is 0 Å². The van der Waals surface area contributed by atoms with Gasteiger partial charge in [0.05, 0.1) is 13.2 Å². The number of hydrogen-bond acceptors (Lipinski definition) is 5. The average molecular weight is 412 g/mol. The summed E-state index contributed by atoms with van der Waals surface area (Å²) in [6.07, 6.45) is 0. The molecule has 0 radical (unpaired) electrons. The van der Waals surface area contributed by atoms with Gasteiger partial charge in [-0.2, -0.15) is 0 Å². The third-order valence-corrected chi connectivity index (χ3v) is 5.00. The van der Waals surface area contributed by atoms with E-state index in [1.165, 1.54) is 0 Å². The van der Waals surface area contributed by atoms with E-state index in [4.69, 9.17) is 9.47 Å². The van der Waals surface area contributed by atoms with E-state index < -0.39 is 0 Å². The number of carbonyl (C=O) groups excluding carboxylic acids is 2. The summed E-state index contributed by atoms with van der Waals surface area (Å²) in [5.74, 6) is 0.358. The third kappa shape index (κ3) is 6.30. The van der Waals surface area contributed by atoms with E-state index in [0.717, 1.165) is 49.7 Å². The molecule has 0 unspecified atom stereocenters. The highest BCUT2D eigenvalue weighted by Gasteiger charge is 2.12. The topological polar surface area (TPSA) is 79.9 Å². The van der Waals surface area contributed by atoms with Crippen LogP contribution in [0.3, 0.4) is 0 Å². The first-order chi connectivity index (χ1) is 14.5. The number of nitrogens with one attached hydrogen (secondary N) is 2. The minimum absolute atomic E-state index is 0.0739. The van der Waals surface area contributed by atoms with Crippen molar-refractivity contribution in [2.45, 2.75) is 13.8 Å². The minimum atomic E-state index is -0.250. The third-order valence-electron chi connectivity index (χ3n) is 5.00. The van der Waals surface area contributed by atoms with Crippen LogP contribution in [0.4, 0.5) is 5.69 Å². The second-order valence-electron chi connectivity index (χ2n) is 7.35. The Hall–Kier alpha value is -2.90. The molecule has 2 aromatic carbocycles. The van der Waals surface area contributed by atoms with Crippen molar-refractivity contribution in [2.75, 3.05) is 51.3 Å². The van der Waals surface area contributed by atoms with E-state index in [1.54, 1.807) is 24.3 Å². The number of ether oxygens (including phenoxy) is 2. The van der Waals surface area contributed by atoms with Crippen molar-refractivity contribution in [1.82, 2.24) is 10.2 Å². The summed E-state index contributed by atoms with van der Waals surface area (Å²) >= 11 is 0. The molecular formula is C23H29N3O4. The van der Waals surface area contributed by atoms with Crippen LogP contribution in [0.1, 0.15) is 21.5 Å². The lowest BCUT2D eigenvalue weighted by molar-refractivity contribution is -0.118. The number of rotatable bonds is 8. The van der Waals surface area contributed by atoms with Crippen molar-refractivity contribution < 1.29 is 19.1 Å². The van der Waals surface area contributed by atoms with Crippen LogP contribution in [-0.4, -0.2) is 62.7 Å². The van der Waals surface area contributed by atoms with Crippen LogP contribution in [0, 0.1) is 13.8 Å². The van der Waals surface area contributed by atoms with Gasteiger partial charge in [-0.3, -0.25) is 14.5 Å². The Balaban J connectivity index is 1.43. The maximum Gasteiger partial charge on any atom is 0.262 e. The fraction of sp³-hybridized carbons (Fsp3) is 0.391. The van der Waals surface area contributed by atoms with Crippen LogP contribution in [0.15, 0.2) is 42.5 Å². The SMILES string of the molecule is Cc1cccc(C)c1OCC(=O)Nc1ccc(C(=O)NCCN2CCOCC2)cc1. The molecule has 2 amide bonds. The fourth-order valence-corrected chi connectivity index (χ4v) is 3.32. The molecule has 1 aliphatic heterocycles. The van der Waals surface area contributed by atoms with E-state index >= 15 is 0 Å². The van der Waals surface area contributed by atoms with Crippen molar-refractivity contribution in [2.24, 2.45) is 0 Å². The average Bonchev–Trinajstić information content (AvgIpc) is 2.74. The Morgan fingerprint density at radius 3 is 2.37 bits per heavy atom. The van der Waals surface area contributed by atoms with Crippen molar-refractivity contribution in [1.29, 1.82) is 0 Å². The van der Waals surface area contributed by atoms with Crippen molar-refractivity contribution in [3.05, 3.63) is 59.2 Å². The number of benzene rings is 2. The Kier molecular flexibility index (Phi) is 7.82. The Morgan fingerprint density at radius 1 is 1.03 bits per heavy atom. The predicted octanol–water partition coefficient (Wildman–Crippen LogP) is 2.38. The standard InChI is InChI=1S/C23H29N3O4/c1-17-4-3-5-18(2)22(17)30-16-21(27)25-20-8-6-19(7-9-20)23(28)24-10-11-26-12-14-29-15-13-26/h3-9H,10-16H2,1-2H3,(H,24,28)(H,25,27). The second kappa shape index (κ2) is 10.8. The van der Waals surface area contributed by atoms with Gasteiger partial charge >= 0.3 is 0 Å². The highest BCUT2D eigenvalue weighted by atomic mass is 16.5. The van der Waals surface area contributed by atoms with Crippen LogP contribution in [0.2, 0.25) is 0 Å². The number of nitrogens with zero attached hydrogens (tertiary/aromatic N) is 1. The van der Waals surface area contributed by atoms with Gasteiger partial charge in [-0.1, -0.05) is 18.2 Å². The Bertz CT molecular complexity index is 841. The number of hydrogen-bond donors (Lipinski definition) is 2. The van der Waals surface area contributed by atoms with E-state index in [1.807, 2.05) is 32.0 Å². The predicted molar refractivity (Wildman–Crippen MR) is 116 cm³/mol. The maximum absolute atomic E-state index is 12.3. The van der Waals surface area contributed by atoms with Crippen LogP contribution >= 0.6 is 0 Å². The van der Waals surface area contributed by atoms with Gasteiger partial charge in [0.1, 0.15) is 5.75 Å². The van der Waals surface area contributed by atoms with E-state index in [9.17, 15) is 9.59 Å². The van der Waals surface area contributed by atoms with Crippen LogP contribution in [-0.2, 0) is 9.53 Å². The zero-order valence-electron chi connectivity index (χ0n) is 17.6. The number of morpholine rings is 1. The molecular weight excluding hydrogens is 382 g/mol. The van der Waals surface area contributed by atoms with Gasteiger partial charge in [0, 0.05) is 37.4 Å². The summed E-state index contributed by atoms with van der Waals surface area (Å²) in [4.78, 5) is 26.7. The van der Waals surface area contributed by atoms with E-state index in [2.05, 4.69) is 15.5 Å². The lowest BCUT2D eigenvalue weighted by Crippen LogP contribution is -2.41. The van der Waals surface area contributed by atoms with Crippen molar-refractivity contribution >= 4 is 17.5 Å². The molecule has 7 nitrogen and oxygen atoms in total. The molecule has 2 aromatic rings. The summed E-state index contributed by atoms with van der Waals surface area (Å²) in [7, 11) is 0. The fourth-order valence-electron chi connectivity index (χ4n) is 3.32. The lowest BCUT2D eigenvalue weighted by atomic mass is 10.1. The summed E-state index contributed by atoms with van der Waals surface area (Å²) in [5, 5.41) is 5.72. The molecule has 0 atom stereocenters. The maximum atomic E-state index is 12.3. The zero-order chi connectivity index (χ0) is 21.3. The smallest absolute Gasteiger partial charge is 0.262 e. The molecule has 0 saturated carbocycles. The van der Waals surface area contributed by atoms with Gasteiger partial charge in [0.2, 0.25) is 0 Å². The van der Waals surface area contributed by atoms with E-state index in [0.29, 0.717) is 17.8 Å². The molecule has 7 heteroatoms. The van der Waals surface area contributed by atoms with Crippen LogP contribution < -0.4 is 15.4 Å². The van der Waals surface area contributed by atoms with Gasteiger partial charge in [-0.05, 0) is 49.2 Å². The zero-order valence-corrected chi connectivity index (χ0v) is 17.6. The van der Waals surface area contributed by atoms with Crippen LogP contribution in [0.5, 0.6) is 5.75 Å². The number of para-hydroxylation sites is 1. The molecule has 0 spiro atoms. The number of carbonyl (C=O) groups is 2. The molecule has 30 heavy (non-hydrogen) atoms. The molecule has 1 heterocycles. The summed E-state index contributed by atoms with van der Waals surface area (Å²) in [5.41, 5.74) is 3.16. The summed E-state index contributed by atoms with van der Waals surface area (Å²) in [6, 6.07) is 12.7. The largest absolute Gasteiger partial charge is 0.483 e. The first-order valence-electron chi connectivity index (χ1n) is 10.2. The normalized spacial score (nSPS) is 14.2. The van der Waals surface area contributed by atoms with Gasteiger partial charge in [0.25, 0.3) is 11.8 Å². The summed E-state index contributed by atoms with van der Waals surface area (Å²) < 4.78 is 11.0. The molecule has 1 fully saturated rings. The highest BCUT2D eigenvalue weighted by molar-refractivity contribution is 5.96. The Labute approximate surface area is 177 Å². The summed E-state index contributed by atoms with van der Waals surface area (Å²) in [6.45, 7) is 8.52. The molecule has 160 valence electrons. The van der Waals surface area contributed by atoms with Gasteiger partial charge in [0.15, 0.2) is 6.61 Å². The van der Waals surface area contributed by atoms with Crippen LogP contribution in [0.25, 0.3) is 0 Å². The van der Waals surface area contributed by atoms with Crippen molar-refractivity contribution in [3.63, 3.8) is 0 Å². The van der Waals surface area contributed by atoms with Gasteiger partial charge < -0.3 is 20.1 Å². The quantitative estimate of drug-likeness (QED) is 0.697. The molecule has 0 aromatic heterocycles. The molecule has 1 saturated heterocycles. The van der Waals surface area contributed by atoms with Crippen molar-refractivity contribution in [3.8, 4) is 5.75 Å². The molecule has 0 bridgehead atoms. The molecule has 0 aliphatic carbocycles. The number of amides is 2. The monoisotopic (exact) mass is 411 g/mol. The number of anilines is 1. The lowest BCUT2D eigenvalue weighted by Gasteiger charge is -2.26. The number of aryl methyl sites for hydroxylation is 2. The molecule has 1 aliphatic rings. The van der Waals surface area contributed by atoms with Gasteiger partial charge in [-0.25, -0.2) is 0 Å². The molecule has 2 N–H and O–H groups in total. The molecule has 3 rings (SSSR count). The highest BCUT2D eigenvalue weighted by Crippen LogP contribution is 2.22. The first-order valence-corrected chi connectivity index (χ1v) is 10.2. The van der Waals surface area contributed by atoms with E-state index in [-0.39, 0.29) is 18.4 Å². The second-order valence-corrected chi connectivity index (χ2v) is 7.35. The Morgan fingerprint density at radius 2 is 1.70 bits per heavy atom. The minimum Gasteiger partial charge on any atom is -0.483 e.